The molecule has 24 heteroatoms. The van der Waals surface area contributed by atoms with Crippen molar-refractivity contribution < 1.29 is 70.1 Å². The average Bonchev–Trinajstić information content (AvgIpc) is 0.794. The molecule has 604 valence electrons. The highest BCUT2D eigenvalue weighted by molar-refractivity contribution is 6.33. The summed E-state index contributed by atoms with van der Waals surface area (Å²) in [4.78, 5) is 108. The zero-order valence-electron chi connectivity index (χ0n) is 65.9. The third-order valence-electron chi connectivity index (χ3n) is 19.2. The summed E-state index contributed by atoms with van der Waals surface area (Å²) < 4.78 is 68.7. The lowest BCUT2D eigenvalue weighted by Gasteiger charge is -2.38. The van der Waals surface area contributed by atoms with Crippen molar-refractivity contribution in [1.82, 2.24) is 0 Å². The quantitative estimate of drug-likeness (QED) is 0.0289. The van der Waals surface area contributed by atoms with Crippen molar-refractivity contribution in [1.29, 1.82) is 0 Å². The van der Waals surface area contributed by atoms with Crippen LogP contribution in [0.25, 0.3) is 0 Å². The number of anilines is 4. The van der Waals surface area contributed by atoms with Gasteiger partial charge in [-0.15, -0.1) is 46.4 Å². The number of alkyl halides is 4. The van der Waals surface area contributed by atoms with E-state index < -0.39 is 45.6 Å². The number of ether oxygens (including phenoxy) is 3. The smallest absolute Gasteiger partial charge is 0.242 e. The summed E-state index contributed by atoms with van der Waals surface area (Å²) in [6.07, 6.45) is 2.92. The van der Waals surface area contributed by atoms with E-state index in [9.17, 15) is 55.9 Å². The molecule has 0 spiro atoms. The van der Waals surface area contributed by atoms with Crippen LogP contribution in [0, 0.1) is 37.1 Å². The zero-order valence-corrected chi connectivity index (χ0v) is 69.7. The van der Waals surface area contributed by atoms with Gasteiger partial charge in [0.2, 0.25) is 23.6 Å². The molecule has 9 aromatic rings. The first-order chi connectivity index (χ1) is 54.0. The van der Waals surface area contributed by atoms with Crippen molar-refractivity contribution in [2.24, 2.45) is 0 Å². The molecule has 4 amide bonds. The van der Waals surface area contributed by atoms with Gasteiger partial charge in [-0.2, -0.15) is 0 Å². The van der Waals surface area contributed by atoms with Crippen LogP contribution in [0.15, 0.2) is 212 Å². The van der Waals surface area contributed by atoms with Crippen LogP contribution >= 0.6 is 58.0 Å². The predicted molar refractivity (Wildman–Crippen MR) is 448 cm³/mol. The lowest BCUT2D eigenvalue weighted by molar-refractivity contribution is -0.127. The van der Waals surface area contributed by atoms with E-state index in [0.717, 1.165) is 45.1 Å². The predicted octanol–water partition coefficient (Wildman–Crippen LogP) is 20.6. The molecular weight excluding hydrogens is 1570 g/mol. The van der Waals surface area contributed by atoms with Gasteiger partial charge < -0.3 is 14.2 Å². The first-order valence-electron chi connectivity index (χ1n) is 36.5. The van der Waals surface area contributed by atoms with Crippen LogP contribution in [0.3, 0.4) is 0 Å². The number of halogens is 9. The molecule has 9 aromatic carbocycles. The van der Waals surface area contributed by atoms with Gasteiger partial charge in [0.05, 0.1) is 14.2 Å². The van der Waals surface area contributed by atoms with E-state index in [1.54, 1.807) is 131 Å². The van der Waals surface area contributed by atoms with Gasteiger partial charge in [-0.05, 0) is 268 Å². The van der Waals surface area contributed by atoms with Crippen LogP contribution in [0.4, 0.5) is 40.3 Å². The molecule has 0 aromatic heterocycles. The number of hydrogen-bond donors (Lipinski definition) is 0. The summed E-state index contributed by atoms with van der Waals surface area (Å²) in [5.41, 5.74) is 2.79. The van der Waals surface area contributed by atoms with Crippen molar-refractivity contribution in [2.75, 3.05) is 57.3 Å². The molecule has 0 aliphatic rings. The number of hydrogen-bond acceptors (Lipinski definition) is 11. The molecule has 0 N–H and O–H groups in total. The lowest BCUT2D eigenvalue weighted by Crippen LogP contribution is -2.54. The molecule has 114 heavy (non-hydrogen) atoms. The SMILES string of the molecule is CC(C)(C(=O)CCc1ccc(F)cc1)N(C(=O)CCl)c1ccc(F)cc1.COc1ccc(CCC(=O)C(C)(C)N(C(=O)CCl)c2ccc(F)cc2)cc1.COc1ccc(CCC(=O)C(C)(C)N(C(=O)CCl)c2ccc(Oc3ccccc3)cc2C)cc1.Cc1c(Cl)cccc1N(C(=O)CCl)C(C)(C)C(=O)CCc1ccc(F)cc1. The number of nitrogens with zero attached hydrogens (tertiary/aromatic N) is 4. The number of ketones is 4. The van der Waals surface area contributed by atoms with E-state index in [1.165, 1.54) is 92.4 Å². The molecule has 0 fully saturated rings. The van der Waals surface area contributed by atoms with E-state index in [4.69, 9.17) is 72.2 Å². The molecule has 9 rings (SSSR count). The highest BCUT2D eigenvalue weighted by atomic mass is 35.5. The number of Topliss-reactive ketones (excluding diaryl/α,β-unsaturated/α-hetero) is 4. The molecule has 0 aliphatic carbocycles. The highest BCUT2D eigenvalue weighted by Crippen LogP contribution is 2.37. The first kappa shape index (κ1) is 93.0. The van der Waals surface area contributed by atoms with Crippen molar-refractivity contribution in [3.05, 3.63) is 274 Å². The Morgan fingerprint density at radius 2 is 0.623 bits per heavy atom. The minimum Gasteiger partial charge on any atom is -0.497 e. The van der Waals surface area contributed by atoms with Gasteiger partial charge in [-0.25, -0.2) is 17.6 Å². The zero-order chi connectivity index (χ0) is 84.3. The Bertz CT molecular complexity index is 4710. The molecule has 0 saturated heterocycles. The molecule has 0 saturated carbocycles. The second kappa shape index (κ2) is 43.6. The van der Waals surface area contributed by atoms with Gasteiger partial charge in [0.15, 0.2) is 23.1 Å². The van der Waals surface area contributed by atoms with Crippen LogP contribution in [0.2, 0.25) is 5.02 Å². The molecule has 0 aliphatic heterocycles. The van der Waals surface area contributed by atoms with Crippen LogP contribution in [-0.4, -0.2) is 107 Å². The molecule has 15 nitrogen and oxygen atoms in total. The first-order valence-corrected chi connectivity index (χ1v) is 39.0. The number of aryl methyl sites for hydroxylation is 5. The van der Waals surface area contributed by atoms with Gasteiger partial charge in [-0.1, -0.05) is 84.4 Å². The van der Waals surface area contributed by atoms with Crippen molar-refractivity contribution in [2.45, 2.75) is 143 Å². The number of benzene rings is 9. The number of rotatable bonds is 32. The van der Waals surface area contributed by atoms with Gasteiger partial charge in [-0.3, -0.25) is 58.0 Å². The Hall–Kier alpha value is -9.89. The third kappa shape index (κ3) is 25.8. The standard InChI is InChI=1S/C28H30ClNO4.C21H22Cl2FNO2.C21H23ClFNO3.C20H20ClF2NO2/c1-20-18-24(34-23-8-6-5-7-9-23)15-16-25(20)30(27(32)19-29)28(2,3)26(31)17-12-21-10-13-22(33-4)14-11-21;1-14-17(23)5-4-6-18(14)25(20(27)13-22)21(2,3)19(26)12-9-15-7-10-16(24)11-8-15;1-21(2,19(25)13-6-15-4-11-18(27-3)12-5-15)24(20(26)14-22)17-9-7-16(23)8-10-17;1-20(2,18(25)12-5-14-3-6-15(22)7-4-14)24(19(26)13-21)17-10-8-16(23)9-11-17/h5-11,13-16,18H,12,17,19H2,1-4H3;4-8,10-11H,9,12-13H2,1-3H3;4-5,7-12H,6,13-14H2,1-3H3;3-4,6-11H,5,12-13H2,1-2H3. The summed E-state index contributed by atoms with van der Waals surface area (Å²) in [6.45, 7) is 17.2. The molecule has 0 bridgehead atoms. The second-order valence-electron chi connectivity index (χ2n) is 28.5. The topological polar surface area (TPSA) is 177 Å². The van der Waals surface area contributed by atoms with Crippen LogP contribution in [0.5, 0.6) is 23.0 Å². The largest absolute Gasteiger partial charge is 0.497 e. The highest BCUT2D eigenvalue weighted by Gasteiger charge is 2.42. The molecule has 0 heterocycles. The molecule has 0 atom stereocenters. The van der Waals surface area contributed by atoms with E-state index in [-0.39, 0.29) is 89.4 Å². The van der Waals surface area contributed by atoms with Crippen LogP contribution < -0.4 is 33.8 Å². The van der Waals surface area contributed by atoms with Crippen LogP contribution in [0.1, 0.15) is 114 Å². The maximum atomic E-state index is 13.3. The molecule has 0 unspecified atom stereocenters. The third-order valence-corrected chi connectivity index (χ3v) is 20.5. The summed E-state index contributed by atoms with van der Waals surface area (Å²) in [5, 5.41) is 0.509. The number of para-hydroxylation sites is 1. The van der Waals surface area contributed by atoms with Crippen molar-refractivity contribution in [3.63, 3.8) is 0 Å². The van der Waals surface area contributed by atoms with E-state index in [2.05, 4.69) is 0 Å². The normalized spacial score (nSPS) is 11.2. The van der Waals surface area contributed by atoms with Crippen molar-refractivity contribution >= 4 is 128 Å². The summed E-state index contributed by atoms with van der Waals surface area (Å²) in [7, 11) is 3.21. The fourth-order valence-electron chi connectivity index (χ4n) is 12.5. The van der Waals surface area contributed by atoms with E-state index in [0.29, 0.717) is 71.2 Å². The van der Waals surface area contributed by atoms with Gasteiger partial charge >= 0.3 is 0 Å². The number of carbonyl (C=O) groups excluding carboxylic acids is 8. The Morgan fingerprint density at radius 3 is 0.939 bits per heavy atom. The maximum Gasteiger partial charge on any atom is 0.242 e. The fraction of sp³-hybridized carbons (Fsp3) is 0.311. The number of carbonyl (C=O) groups is 8. The fourth-order valence-corrected chi connectivity index (χ4v) is 13.2. The van der Waals surface area contributed by atoms with Gasteiger partial charge in [0.25, 0.3) is 0 Å². The van der Waals surface area contributed by atoms with Gasteiger partial charge in [0, 0.05) is 53.5 Å². The van der Waals surface area contributed by atoms with E-state index >= 15 is 0 Å². The van der Waals surface area contributed by atoms with Crippen LogP contribution in [-0.2, 0) is 64.0 Å². The summed E-state index contributed by atoms with van der Waals surface area (Å²) in [6, 6.07) is 58.0. The Balaban J connectivity index is 0.000000238. The summed E-state index contributed by atoms with van der Waals surface area (Å²) >= 11 is 29.4. The van der Waals surface area contributed by atoms with Crippen molar-refractivity contribution in [3.8, 4) is 23.0 Å². The second-order valence-corrected chi connectivity index (χ2v) is 30.0. The lowest BCUT2D eigenvalue weighted by atomic mass is 9.90. The number of amides is 4. The average molecular weight is 1660 g/mol. The summed E-state index contributed by atoms with van der Waals surface area (Å²) in [5.74, 6) is -1.69. The monoisotopic (exact) mass is 1660 g/mol. The maximum absolute atomic E-state index is 13.3. The molecular formula is C90H95Cl5F4N4O11. The Kier molecular flexibility index (Phi) is 35.5. The van der Waals surface area contributed by atoms with Gasteiger partial charge in [0.1, 0.15) is 91.9 Å². The molecule has 0 radical (unpaired) electrons. The van der Waals surface area contributed by atoms with E-state index in [1.807, 2.05) is 91.9 Å². The number of methoxy groups -OCH3 is 2. The Labute approximate surface area is 690 Å². The minimum absolute atomic E-state index is 0.0502. The Morgan fingerprint density at radius 1 is 0.333 bits per heavy atom. The minimum atomic E-state index is -1.16.